The van der Waals surface area contributed by atoms with Crippen LogP contribution in [0.15, 0.2) is 71.6 Å². The molecular formula is C31H37Cl2N3O4S. The maximum Gasteiger partial charge on any atom is 0.264 e. The zero-order valence-corrected chi connectivity index (χ0v) is 26.6. The molecule has 0 heterocycles. The van der Waals surface area contributed by atoms with Gasteiger partial charge in [-0.1, -0.05) is 48.3 Å². The maximum atomic E-state index is 14.1. The van der Waals surface area contributed by atoms with E-state index in [2.05, 4.69) is 5.32 Å². The summed E-state index contributed by atoms with van der Waals surface area (Å²) in [5.74, 6) is -0.841. The number of carbonyl (C=O) groups is 2. The third-order valence-electron chi connectivity index (χ3n) is 6.61. The maximum absolute atomic E-state index is 14.1. The van der Waals surface area contributed by atoms with Crippen LogP contribution >= 0.6 is 23.2 Å². The summed E-state index contributed by atoms with van der Waals surface area (Å²) in [4.78, 5) is 29.0. The Bertz CT molecular complexity index is 1490. The van der Waals surface area contributed by atoms with Gasteiger partial charge in [-0.25, -0.2) is 8.42 Å². The molecule has 3 aromatic rings. The van der Waals surface area contributed by atoms with Gasteiger partial charge in [-0.05, 0) is 106 Å². The average molecular weight is 619 g/mol. The normalized spacial score (nSPS) is 12.5. The molecule has 0 aliphatic rings. The zero-order valence-electron chi connectivity index (χ0n) is 24.2. The summed E-state index contributed by atoms with van der Waals surface area (Å²) in [6.45, 7) is 10.8. The third-order valence-corrected chi connectivity index (χ3v) is 8.90. The minimum absolute atomic E-state index is 0.00491. The highest BCUT2D eigenvalue weighted by Crippen LogP contribution is 2.27. The highest BCUT2D eigenvalue weighted by atomic mass is 35.5. The van der Waals surface area contributed by atoms with Crippen molar-refractivity contribution < 1.29 is 18.0 Å². The molecule has 3 rings (SSSR count). The van der Waals surface area contributed by atoms with Gasteiger partial charge >= 0.3 is 0 Å². The Morgan fingerprint density at radius 2 is 1.44 bits per heavy atom. The van der Waals surface area contributed by atoms with E-state index in [-0.39, 0.29) is 17.3 Å². The summed E-state index contributed by atoms with van der Waals surface area (Å²) in [6.07, 6.45) is 0.328. The molecule has 0 aliphatic carbocycles. The van der Waals surface area contributed by atoms with Crippen LogP contribution in [0.1, 0.15) is 50.8 Å². The summed E-state index contributed by atoms with van der Waals surface area (Å²) in [5.41, 5.74) is 2.43. The molecule has 1 N–H and O–H groups in total. The molecule has 10 heteroatoms. The number of nitrogens with one attached hydrogen (secondary N) is 1. The lowest BCUT2D eigenvalue weighted by molar-refractivity contribution is -0.141. The molecule has 7 nitrogen and oxygen atoms in total. The predicted octanol–water partition coefficient (Wildman–Crippen LogP) is 6.53. The van der Waals surface area contributed by atoms with E-state index in [4.69, 9.17) is 23.2 Å². The molecule has 0 aromatic heterocycles. The van der Waals surface area contributed by atoms with Gasteiger partial charge in [0.1, 0.15) is 12.6 Å². The van der Waals surface area contributed by atoms with E-state index in [0.29, 0.717) is 22.2 Å². The second-order valence-electron chi connectivity index (χ2n) is 11.0. The van der Waals surface area contributed by atoms with Gasteiger partial charge in [0, 0.05) is 22.1 Å². The van der Waals surface area contributed by atoms with Crippen molar-refractivity contribution in [2.24, 2.45) is 0 Å². The number of aryl methyl sites for hydroxylation is 2. The van der Waals surface area contributed by atoms with Crippen molar-refractivity contribution in [1.29, 1.82) is 0 Å². The number of sulfonamides is 1. The van der Waals surface area contributed by atoms with E-state index in [1.807, 2.05) is 47.6 Å². The molecule has 0 saturated carbocycles. The molecule has 1 atom stereocenters. The number of amides is 2. The summed E-state index contributed by atoms with van der Waals surface area (Å²) in [7, 11) is -4.18. The number of carbonyl (C=O) groups excluding carboxylic acids is 2. The zero-order chi connectivity index (χ0) is 30.5. The number of halogens is 2. The van der Waals surface area contributed by atoms with Gasteiger partial charge in [0.25, 0.3) is 10.0 Å². The van der Waals surface area contributed by atoms with Crippen LogP contribution in [0.3, 0.4) is 0 Å². The van der Waals surface area contributed by atoms with E-state index in [1.165, 1.54) is 29.2 Å². The number of hydrogen-bond acceptors (Lipinski definition) is 4. The van der Waals surface area contributed by atoms with Crippen molar-refractivity contribution >= 4 is 50.7 Å². The Balaban J connectivity index is 2.09. The fourth-order valence-electron chi connectivity index (χ4n) is 4.30. The van der Waals surface area contributed by atoms with E-state index in [9.17, 15) is 18.0 Å². The second kappa shape index (κ2) is 13.3. The molecule has 0 saturated heterocycles. The lowest BCUT2D eigenvalue weighted by Gasteiger charge is -2.35. The van der Waals surface area contributed by atoms with Crippen LogP contribution in [-0.2, 0) is 26.2 Å². The van der Waals surface area contributed by atoms with Crippen molar-refractivity contribution in [3.63, 3.8) is 0 Å². The largest absolute Gasteiger partial charge is 0.350 e. The summed E-state index contributed by atoms with van der Waals surface area (Å²) < 4.78 is 29.0. The Morgan fingerprint density at radius 3 is 1.95 bits per heavy atom. The van der Waals surface area contributed by atoms with E-state index in [1.54, 1.807) is 36.4 Å². The molecule has 3 aromatic carbocycles. The van der Waals surface area contributed by atoms with E-state index in [0.717, 1.165) is 21.0 Å². The van der Waals surface area contributed by atoms with Gasteiger partial charge in [-0.3, -0.25) is 13.9 Å². The number of benzene rings is 3. The lowest BCUT2D eigenvalue weighted by Crippen LogP contribution is -2.55. The van der Waals surface area contributed by atoms with Crippen LogP contribution in [0.5, 0.6) is 0 Å². The molecule has 2 amide bonds. The number of rotatable bonds is 10. The Morgan fingerprint density at radius 1 is 0.878 bits per heavy atom. The van der Waals surface area contributed by atoms with Crippen LogP contribution < -0.4 is 9.62 Å². The topological polar surface area (TPSA) is 86.8 Å². The van der Waals surface area contributed by atoms with Gasteiger partial charge in [0.2, 0.25) is 11.8 Å². The van der Waals surface area contributed by atoms with Gasteiger partial charge in [-0.15, -0.1) is 0 Å². The monoisotopic (exact) mass is 617 g/mol. The fraction of sp³-hybridized carbons (Fsp3) is 0.355. The molecule has 41 heavy (non-hydrogen) atoms. The summed E-state index contributed by atoms with van der Waals surface area (Å²) in [6, 6.07) is 17.2. The summed E-state index contributed by atoms with van der Waals surface area (Å²) in [5, 5.41) is 3.89. The van der Waals surface area contributed by atoms with Crippen molar-refractivity contribution in [2.75, 3.05) is 10.8 Å². The first-order valence-corrected chi connectivity index (χ1v) is 15.5. The van der Waals surface area contributed by atoms with E-state index < -0.39 is 34.1 Å². The van der Waals surface area contributed by atoms with Crippen LogP contribution in [0.25, 0.3) is 0 Å². The molecule has 0 unspecified atom stereocenters. The molecule has 0 aliphatic heterocycles. The van der Waals surface area contributed by atoms with Crippen molar-refractivity contribution in [3.05, 3.63) is 93.5 Å². The third kappa shape index (κ3) is 8.47. The number of nitrogens with zero attached hydrogens (tertiary/aromatic N) is 2. The second-order valence-corrected chi connectivity index (χ2v) is 13.8. The van der Waals surface area contributed by atoms with Gasteiger partial charge in [0.05, 0.1) is 10.6 Å². The number of anilines is 1. The van der Waals surface area contributed by atoms with Gasteiger partial charge < -0.3 is 10.2 Å². The molecule has 220 valence electrons. The molecule has 0 fully saturated rings. The van der Waals surface area contributed by atoms with Crippen molar-refractivity contribution in [2.45, 2.75) is 71.0 Å². The Kier molecular flexibility index (Phi) is 10.5. The van der Waals surface area contributed by atoms with Crippen LogP contribution in [0, 0.1) is 13.8 Å². The van der Waals surface area contributed by atoms with Crippen LogP contribution in [0.2, 0.25) is 10.0 Å². The average Bonchev–Trinajstić information content (AvgIpc) is 2.89. The first kappa shape index (κ1) is 32.4. The first-order chi connectivity index (χ1) is 19.1. The molecular weight excluding hydrogens is 581 g/mol. The quantitative estimate of drug-likeness (QED) is 0.280. The minimum atomic E-state index is -4.18. The van der Waals surface area contributed by atoms with Crippen LogP contribution in [0.4, 0.5) is 5.69 Å². The Labute approximate surface area is 253 Å². The lowest BCUT2D eigenvalue weighted by atomic mass is 10.1. The van der Waals surface area contributed by atoms with Crippen molar-refractivity contribution in [1.82, 2.24) is 10.2 Å². The van der Waals surface area contributed by atoms with Crippen LogP contribution in [-0.4, -0.2) is 43.3 Å². The SMILES string of the molecule is CC[C@H](C(=O)NC(C)(C)C)N(Cc1ccc(Cl)cc1)C(=O)CN(c1ccc(C)c(C)c1)S(=O)(=O)c1ccc(Cl)cc1. The molecule has 0 spiro atoms. The smallest absolute Gasteiger partial charge is 0.264 e. The molecule has 0 bridgehead atoms. The Hall–Kier alpha value is -3.07. The minimum Gasteiger partial charge on any atom is -0.350 e. The first-order valence-electron chi connectivity index (χ1n) is 13.3. The highest BCUT2D eigenvalue weighted by Gasteiger charge is 2.34. The van der Waals surface area contributed by atoms with Gasteiger partial charge in [-0.2, -0.15) is 0 Å². The van der Waals surface area contributed by atoms with Gasteiger partial charge in [0.15, 0.2) is 0 Å². The number of hydrogen-bond donors (Lipinski definition) is 1. The fourth-order valence-corrected chi connectivity index (χ4v) is 5.96. The molecule has 0 radical (unpaired) electrons. The summed E-state index contributed by atoms with van der Waals surface area (Å²) >= 11 is 12.1. The van der Waals surface area contributed by atoms with Crippen molar-refractivity contribution in [3.8, 4) is 0 Å². The van der Waals surface area contributed by atoms with E-state index >= 15 is 0 Å². The highest BCUT2D eigenvalue weighted by molar-refractivity contribution is 7.92. The standard InChI is InChI=1S/C31H37Cl2N3O4S/c1-7-28(30(38)34-31(4,5)6)35(19-23-9-11-24(32)12-10-23)29(37)20-36(26-15-8-21(2)22(3)18-26)41(39,40)27-16-13-25(33)14-17-27/h8-18,28H,7,19-20H2,1-6H3,(H,34,38)/t28-/m1/s1. The predicted molar refractivity (Wildman–Crippen MR) is 166 cm³/mol.